The molecular weight excluding hydrogens is 457 g/mol. The molecule has 8 heteroatoms. The number of amides is 3. The van der Waals surface area contributed by atoms with Crippen LogP contribution in [-0.4, -0.2) is 56.4 Å². The number of hydrogen-bond acceptors (Lipinski definition) is 4. The summed E-state index contributed by atoms with van der Waals surface area (Å²) in [7, 11) is 0. The van der Waals surface area contributed by atoms with Gasteiger partial charge in [0.2, 0.25) is 0 Å². The van der Waals surface area contributed by atoms with Crippen molar-refractivity contribution in [1.29, 1.82) is 0 Å². The summed E-state index contributed by atoms with van der Waals surface area (Å²) in [6.45, 7) is 4.70. The second-order valence-electron chi connectivity index (χ2n) is 10.8. The van der Waals surface area contributed by atoms with Crippen LogP contribution in [0.2, 0.25) is 0 Å². The maximum atomic E-state index is 14.0. The third kappa shape index (κ3) is 5.05. The molecule has 3 fully saturated rings. The molecule has 1 atom stereocenters. The SMILES string of the molecule is CCCCc1ncc(CN2CCC(C3(Cc4ccc(F)cc4)NC(=O)N(C4CCCC4)C3=O)CC2)[nH]1. The Hall–Kier alpha value is -2.74. The van der Waals surface area contributed by atoms with Gasteiger partial charge in [-0.05, 0) is 68.8 Å². The Kier molecular flexibility index (Phi) is 7.42. The number of likely N-dealkylation sites (tertiary alicyclic amines) is 1. The van der Waals surface area contributed by atoms with Gasteiger partial charge in [-0.1, -0.05) is 38.3 Å². The van der Waals surface area contributed by atoms with Gasteiger partial charge in [-0.3, -0.25) is 14.6 Å². The molecule has 3 heterocycles. The van der Waals surface area contributed by atoms with E-state index in [-0.39, 0.29) is 29.7 Å². The molecule has 7 nitrogen and oxygen atoms in total. The number of rotatable bonds is 9. The number of carbonyl (C=O) groups is 2. The zero-order chi connectivity index (χ0) is 25.1. The fraction of sp³-hybridized carbons (Fsp3) is 0.607. The van der Waals surface area contributed by atoms with Gasteiger partial charge in [-0.15, -0.1) is 0 Å². The number of hydrogen-bond donors (Lipinski definition) is 2. The van der Waals surface area contributed by atoms with Gasteiger partial charge < -0.3 is 10.3 Å². The molecule has 2 saturated heterocycles. The van der Waals surface area contributed by atoms with Crippen molar-refractivity contribution in [2.45, 2.75) is 89.3 Å². The average Bonchev–Trinajstić information content (AvgIpc) is 3.61. The number of urea groups is 1. The van der Waals surface area contributed by atoms with Gasteiger partial charge in [0, 0.05) is 37.3 Å². The van der Waals surface area contributed by atoms with E-state index in [2.05, 4.69) is 27.1 Å². The standard InChI is InChI=1S/C28H38FN5O2/c1-2-3-8-25-30-18-23(31-25)19-33-15-13-21(14-16-33)28(17-20-9-11-22(29)12-10-20)26(35)34(27(36)32-28)24-6-4-5-7-24/h9-12,18,21,24H,2-8,13-17,19H2,1H3,(H,30,31)(H,32,36). The molecule has 1 aliphatic carbocycles. The van der Waals surface area contributed by atoms with E-state index in [1.807, 2.05) is 6.20 Å². The molecule has 2 aliphatic heterocycles. The lowest BCUT2D eigenvalue weighted by atomic mass is 9.73. The summed E-state index contributed by atoms with van der Waals surface area (Å²) in [6.07, 6.45) is 11.1. The topological polar surface area (TPSA) is 81.3 Å². The van der Waals surface area contributed by atoms with Gasteiger partial charge in [0.25, 0.3) is 5.91 Å². The summed E-state index contributed by atoms with van der Waals surface area (Å²) < 4.78 is 13.6. The average molecular weight is 496 g/mol. The number of aryl methyl sites for hydroxylation is 1. The molecule has 3 aliphatic rings. The van der Waals surface area contributed by atoms with Crippen molar-refractivity contribution < 1.29 is 14.0 Å². The number of benzene rings is 1. The maximum Gasteiger partial charge on any atom is 0.325 e. The second-order valence-corrected chi connectivity index (χ2v) is 10.8. The number of nitrogens with one attached hydrogen (secondary N) is 2. The van der Waals surface area contributed by atoms with Crippen molar-refractivity contribution in [2.75, 3.05) is 13.1 Å². The van der Waals surface area contributed by atoms with Crippen molar-refractivity contribution in [2.24, 2.45) is 5.92 Å². The number of nitrogens with zero attached hydrogens (tertiary/aromatic N) is 3. The summed E-state index contributed by atoms with van der Waals surface area (Å²) in [6, 6.07) is 6.07. The Labute approximate surface area is 212 Å². The number of halogens is 1. The molecular formula is C28H38FN5O2. The second kappa shape index (κ2) is 10.7. The maximum absolute atomic E-state index is 14.0. The Bertz CT molecular complexity index is 1060. The minimum atomic E-state index is -0.967. The highest BCUT2D eigenvalue weighted by molar-refractivity contribution is 6.07. The van der Waals surface area contributed by atoms with E-state index >= 15 is 0 Å². The zero-order valence-electron chi connectivity index (χ0n) is 21.3. The predicted molar refractivity (Wildman–Crippen MR) is 136 cm³/mol. The van der Waals surface area contributed by atoms with Gasteiger partial charge in [0.05, 0.1) is 0 Å². The first-order valence-electron chi connectivity index (χ1n) is 13.6. The third-order valence-electron chi connectivity index (χ3n) is 8.36. The van der Waals surface area contributed by atoms with Gasteiger partial charge in [0.15, 0.2) is 0 Å². The van der Waals surface area contributed by atoms with Crippen molar-refractivity contribution >= 4 is 11.9 Å². The Morgan fingerprint density at radius 1 is 1.08 bits per heavy atom. The van der Waals surface area contributed by atoms with E-state index in [0.717, 1.165) is 94.5 Å². The van der Waals surface area contributed by atoms with Crippen LogP contribution in [0.4, 0.5) is 9.18 Å². The highest BCUT2D eigenvalue weighted by Gasteiger charge is 2.57. The fourth-order valence-corrected chi connectivity index (χ4v) is 6.35. The third-order valence-corrected chi connectivity index (χ3v) is 8.36. The highest BCUT2D eigenvalue weighted by Crippen LogP contribution is 2.39. The molecule has 2 N–H and O–H groups in total. The summed E-state index contributed by atoms with van der Waals surface area (Å²) >= 11 is 0. The lowest BCUT2D eigenvalue weighted by molar-refractivity contribution is -0.135. The minimum absolute atomic E-state index is 0.00466. The first-order chi connectivity index (χ1) is 17.5. The predicted octanol–water partition coefficient (Wildman–Crippen LogP) is 4.58. The van der Waals surface area contributed by atoms with Crippen LogP contribution in [0.1, 0.15) is 75.4 Å². The molecule has 2 aromatic rings. The smallest absolute Gasteiger partial charge is 0.325 e. The van der Waals surface area contributed by atoms with Gasteiger partial charge in [-0.25, -0.2) is 14.2 Å². The largest absolute Gasteiger partial charge is 0.345 e. The van der Waals surface area contributed by atoms with Crippen LogP contribution in [0.3, 0.4) is 0 Å². The number of aromatic nitrogens is 2. The molecule has 1 aromatic carbocycles. The Balaban J connectivity index is 1.31. The van der Waals surface area contributed by atoms with E-state index < -0.39 is 5.54 Å². The Morgan fingerprint density at radius 2 is 1.81 bits per heavy atom. The number of imidazole rings is 1. The number of unbranched alkanes of at least 4 members (excludes halogenated alkanes) is 1. The Morgan fingerprint density at radius 3 is 2.50 bits per heavy atom. The summed E-state index contributed by atoms with van der Waals surface area (Å²) in [5, 5.41) is 3.17. The number of imide groups is 1. The van der Waals surface area contributed by atoms with Crippen LogP contribution < -0.4 is 5.32 Å². The summed E-state index contributed by atoms with van der Waals surface area (Å²) in [5.74, 6) is 0.693. The first kappa shape index (κ1) is 24.9. The van der Waals surface area contributed by atoms with Gasteiger partial charge >= 0.3 is 6.03 Å². The van der Waals surface area contributed by atoms with E-state index in [1.165, 1.54) is 17.0 Å². The molecule has 194 valence electrons. The lowest BCUT2D eigenvalue weighted by Crippen LogP contribution is -2.57. The molecule has 0 spiro atoms. The molecule has 1 unspecified atom stereocenters. The van der Waals surface area contributed by atoms with E-state index in [4.69, 9.17) is 0 Å². The van der Waals surface area contributed by atoms with Crippen LogP contribution in [0.5, 0.6) is 0 Å². The molecule has 1 aromatic heterocycles. The summed E-state index contributed by atoms with van der Waals surface area (Å²) in [4.78, 5) is 39.1. The quantitative estimate of drug-likeness (QED) is 0.499. The first-order valence-corrected chi connectivity index (χ1v) is 13.6. The van der Waals surface area contributed by atoms with Crippen LogP contribution in [-0.2, 0) is 24.2 Å². The van der Waals surface area contributed by atoms with Crippen molar-refractivity contribution in [3.63, 3.8) is 0 Å². The number of H-pyrrole nitrogens is 1. The monoisotopic (exact) mass is 495 g/mol. The van der Waals surface area contributed by atoms with Crippen molar-refractivity contribution in [1.82, 2.24) is 25.1 Å². The van der Waals surface area contributed by atoms with Crippen LogP contribution in [0.15, 0.2) is 30.5 Å². The molecule has 5 rings (SSSR count). The van der Waals surface area contributed by atoms with E-state index in [0.29, 0.717) is 6.42 Å². The zero-order valence-corrected chi connectivity index (χ0v) is 21.3. The number of carbonyl (C=O) groups excluding carboxylic acids is 2. The fourth-order valence-electron chi connectivity index (χ4n) is 6.35. The molecule has 3 amide bonds. The van der Waals surface area contributed by atoms with Crippen molar-refractivity contribution in [3.05, 3.63) is 53.4 Å². The van der Waals surface area contributed by atoms with Gasteiger partial charge in [-0.2, -0.15) is 0 Å². The van der Waals surface area contributed by atoms with Crippen LogP contribution >= 0.6 is 0 Å². The molecule has 1 saturated carbocycles. The molecule has 0 radical (unpaired) electrons. The minimum Gasteiger partial charge on any atom is -0.345 e. The normalized spacial score (nSPS) is 24.1. The van der Waals surface area contributed by atoms with E-state index in [1.54, 1.807) is 12.1 Å². The van der Waals surface area contributed by atoms with E-state index in [9.17, 15) is 14.0 Å². The van der Waals surface area contributed by atoms with Crippen LogP contribution in [0, 0.1) is 11.7 Å². The number of aromatic amines is 1. The molecule has 36 heavy (non-hydrogen) atoms. The summed E-state index contributed by atoms with van der Waals surface area (Å²) in [5.41, 5.74) is 1.03. The van der Waals surface area contributed by atoms with Crippen molar-refractivity contribution in [3.8, 4) is 0 Å². The lowest BCUT2D eigenvalue weighted by Gasteiger charge is -2.41. The van der Waals surface area contributed by atoms with Crippen LogP contribution in [0.25, 0.3) is 0 Å². The van der Waals surface area contributed by atoms with Gasteiger partial charge in [0.1, 0.15) is 17.2 Å². The number of piperidine rings is 1. The highest BCUT2D eigenvalue weighted by atomic mass is 19.1. The molecule has 0 bridgehead atoms.